The topological polar surface area (TPSA) is 133 Å². The number of hydrogen-bond acceptors (Lipinski definition) is 5. The number of hydrogen-bond donors (Lipinski definition) is 3. The number of rotatable bonds is 9. The van der Waals surface area contributed by atoms with Crippen molar-refractivity contribution in [3.8, 4) is 0 Å². The molecule has 0 aliphatic carbocycles. The van der Waals surface area contributed by atoms with E-state index in [0.717, 1.165) is 12.8 Å². The number of carbonyl (C=O) groups is 5. The van der Waals surface area contributed by atoms with Gasteiger partial charge in [-0.25, -0.2) is 0 Å². The fraction of sp³-hybridized carbons (Fsp3) is 0.476. The molecule has 30 heavy (non-hydrogen) atoms. The van der Waals surface area contributed by atoms with Gasteiger partial charge in [0.15, 0.2) is 0 Å². The molecular weight excluding hydrogens is 390 g/mol. The molecule has 9 nitrogen and oxygen atoms in total. The minimum atomic E-state index is -0.813. The smallest absolute Gasteiger partial charge is 0.303 e. The molecule has 1 saturated heterocycles. The highest BCUT2D eigenvalue weighted by atomic mass is 16.4. The number of carboxylic acids is 1. The van der Waals surface area contributed by atoms with E-state index in [9.17, 15) is 24.0 Å². The average molecular weight is 415 g/mol. The largest absolute Gasteiger partial charge is 0.481 e. The molecule has 2 aliphatic rings. The van der Waals surface area contributed by atoms with Crippen molar-refractivity contribution in [3.05, 3.63) is 29.3 Å². The summed E-state index contributed by atoms with van der Waals surface area (Å²) in [6.07, 6.45) is 3.70. The van der Waals surface area contributed by atoms with E-state index in [2.05, 4.69) is 10.6 Å². The lowest BCUT2D eigenvalue weighted by Crippen LogP contribution is -2.52. The second-order valence-electron chi connectivity index (χ2n) is 7.59. The molecule has 0 bridgehead atoms. The Morgan fingerprint density at radius 3 is 2.53 bits per heavy atom. The van der Waals surface area contributed by atoms with Gasteiger partial charge in [-0.1, -0.05) is 18.9 Å². The fourth-order valence-corrected chi connectivity index (χ4v) is 3.83. The van der Waals surface area contributed by atoms with Crippen molar-refractivity contribution in [2.45, 2.75) is 64.0 Å². The van der Waals surface area contributed by atoms with E-state index in [1.54, 1.807) is 18.2 Å². The fourth-order valence-electron chi connectivity index (χ4n) is 3.83. The van der Waals surface area contributed by atoms with Crippen molar-refractivity contribution in [2.75, 3.05) is 5.32 Å². The third kappa shape index (κ3) is 5.03. The first-order chi connectivity index (χ1) is 14.4. The minimum absolute atomic E-state index is 0.139. The van der Waals surface area contributed by atoms with Crippen molar-refractivity contribution in [3.63, 3.8) is 0 Å². The molecule has 1 aromatic carbocycles. The SMILES string of the molecule is O=C(O)CCCCCCC(=O)Nc1cccc2c1CN(C1CCC(=O)NC1=O)C2=O. The Labute approximate surface area is 173 Å². The number of piperidine rings is 1. The third-order valence-electron chi connectivity index (χ3n) is 5.40. The van der Waals surface area contributed by atoms with Crippen LogP contribution in [0.3, 0.4) is 0 Å². The summed E-state index contributed by atoms with van der Waals surface area (Å²) in [5.41, 5.74) is 1.67. The number of fused-ring (bicyclic) bond motifs is 1. The van der Waals surface area contributed by atoms with Gasteiger partial charge in [0, 0.05) is 42.6 Å². The summed E-state index contributed by atoms with van der Waals surface area (Å²) in [6, 6.07) is 4.38. The molecular formula is C21H25N3O6. The monoisotopic (exact) mass is 415 g/mol. The van der Waals surface area contributed by atoms with Crippen LogP contribution in [0.15, 0.2) is 18.2 Å². The van der Waals surface area contributed by atoms with Crippen LogP contribution in [0.2, 0.25) is 0 Å². The molecule has 9 heteroatoms. The number of carboxylic acid groups (broad SMARTS) is 1. The van der Waals surface area contributed by atoms with E-state index in [1.807, 2.05) is 0 Å². The standard InChI is InChI=1S/C21H25N3O6/c25-17(8-3-1-2-4-9-19(27)28)22-15-7-5-6-13-14(15)12-24(21(13)30)16-10-11-18(26)23-20(16)29/h5-7,16H,1-4,8-12H2,(H,22,25)(H,27,28)(H,23,26,29). The van der Waals surface area contributed by atoms with Crippen LogP contribution in [0, 0.1) is 0 Å². The first kappa shape index (κ1) is 21.5. The predicted octanol–water partition coefficient (Wildman–Crippen LogP) is 1.81. The van der Waals surface area contributed by atoms with Gasteiger partial charge in [0.25, 0.3) is 5.91 Å². The molecule has 0 aromatic heterocycles. The number of unbranched alkanes of at least 4 members (excludes halogenated alkanes) is 3. The van der Waals surface area contributed by atoms with Crippen LogP contribution in [0.5, 0.6) is 0 Å². The number of imide groups is 1. The maximum absolute atomic E-state index is 12.8. The van der Waals surface area contributed by atoms with Gasteiger partial charge in [0.2, 0.25) is 17.7 Å². The van der Waals surface area contributed by atoms with E-state index >= 15 is 0 Å². The number of nitrogens with one attached hydrogen (secondary N) is 2. The molecule has 1 atom stereocenters. The van der Waals surface area contributed by atoms with Gasteiger partial charge >= 0.3 is 5.97 Å². The summed E-state index contributed by atoms with van der Waals surface area (Å²) in [7, 11) is 0. The van der Waals surface area contributed by atoms with Crippen molar-refractivity contribution < 1.29 is 29.1 Å². The van der Waals surface area contributed by atoms with Gasteiger partial charge in [-0.3, -0.25) is 29.3 Å². The van der Waals surface area contributed by atoms with Gasteiger partial charge in [-0.2, -0.15) is 0 Å². The number of nitrogens with zero attached hydrogens (tertiary/aromatic N) is 1. The first-order valence-corrected chi connectivity index (χ1v) is 10.1. The molecule has 160 valence electrons. The molecule has 4 amide bonds. The summed E-state index contributed by atoms with van der Waals surface area (Å²) < 4.78 is 0. The molecule has 3 N–H and O–H groups in total. The number of amides is 4. The van der Waals surface area contributed by atoms with Crippen LogP contribution in [0.1, 0.15) is 67.3 Å². The molecule has 2 aliphatic heterocycles. The van der Waals surface area contributed by atoms with Crippen LogP contribution >= 0.6 is 0 Å². The van der Waals surface area contributed by atoms with E-state index in [-0.39, 0.29) is 43.5 Å². The average Bonchev–Trinajstić information content (AvgIpc) is 3.02. The van der Waals surface area contributed by atoms with Crippen LogP contribution in [-0.4, -0.2) is 45.6 Å². The summed E-state index contributed by atoms with van der Waals surface area (Å²) in [5.74, 6) is -2.08. The van der Waals surface area contributed by atoms with Crippen molar-refractivity contribution in [1.29, 1.82) is 0 Å². The third-order valence-corrected chi connectivity index (χ3v) is 5.40. The van der Waals surface area contributed by atoms with Crippen molar-refractivity contribution in [2.24, 2.45) is 0 Å². The highest BCUT2D eigenvalue weighted by molar-refractivity contribution is 6.06. The van der Waals surface area contributed by atoms with Gasteiger partial charge in [-0.15, -0.1) is 0 Å². The van der Waals surface area contributed by atoms with Crippen molar-refractivity contribution >= 4 is 35.3 Å². The van der Waals surface area contributed by atoms with Gasteiger partial charge < -0.3 is 15.3 Å². The Kier molecular flexibility index (Phi) is 6.81. The zero-order valence-electron chi connectivity index (χ0n) is 16.6. The summed E-state index contributed by atoms with van der Waals surface area (Å²) in [6.45, 7) is 0.200. The summed E-state index contributed by atoms with van der Waals surface area (Å²) >= 11 is 0. The Morgan fingerprint density at radius 2 is 1.83 bits per heavy atom. The number of aliphatic carboxylic acids is 1. The van der Waals surface area contributed by atoms with Gasteiger partial charge in [0.05, 0.1) is 0 Å². The Morgan fingerprint density at radius 1 is 1.10 bits per heavy atom. The van der Waals surface area contributed by atoms with E-state index in [0.29, 0.717) is 36.1 Å². The number of benzene rings is 1. The quantitative estimate of drug-likeness (QED) is 0.416. The minimum Gasteiger partial charge on any atom is -0.481 e. The second-order valence-corrected chi connectivity index (χ2v) is 7.59. The summed E-state index contributed by atoms with van der Waals surface area (Å²) in [5, 5.41) is 13.7. The lowest BCUT2D eigenvalue weighted by atomic mass is 10.0. The lowest BCUT2D eigenvalue weighted by molar-refractivity contribution is -0.138. The van der Waals surface area contributed by atoms with Crippen molar-refractivity contribution in [1.82, 2.24) is 10.2 Å². The molecule has 0 saturated carbocycles. The second kappa shape index (κ2) is 9.51. The maximum atomic E-state index is 12.8. The van der Waals surface area contributed by atoms with Crippen LogP contribution in [0.4, 0.5) is 5.69 Å². The van der Waals surface area contributed by atoms with E-state index < -0.39 is 17.9 Å². The maximum Gasteiger partial charge on any atom is 0.303 e. The number of carbonyl (C=O) groups excluding carboxylic acids is 4. The highest BCUT2D eigenvalue weighted by Gasteiger charge is 2.39. The molecule has 3 rings (SSSR count). The highest BCUT2D eigenvalue weighted by Crippen LogP contribution is 2.32. The van der Waals surface area contributed by atoms with Crippen LogP contribution < -0.4 is 10.6 Å². The van der Waals surface area contributed by atoms with E-state index in [1.165, 1.54) is 4.90 Å². The van der Waals surface area contributed by atoms with Gasteiger partial charge in [0.1, 0.15) is 6.04 Å². The Bertz CT molecular complexity index is 881. The van der Waals surface area contributed by atoms with E-state index in [4.69, 9.17) is 5.11 Å². The normalized spacial score (nSPS) is 18.2. The lowest BCUT2D eigenvalue weighted by Gasteiger charge is -2.29. The Hall–Kier alpha value is -3.23. The predicted molar refractivity (Wildman–Crippen MR) is 106 cm³/mol. The van der Waals surface area contributed by atoms with Crippen LogP contribution in [-0.2, 0) is 25.7 Å². The molecule has 1 fully saturated rings. The molecule has 1 unspecified atom stereocenters. The van der Waals surface area contributed by atoms with Crippen LogP contribution in [0.25, 0.3) is 0 Å². The zero-order valence-corrected chi connectivity index (χ0v) is 16.6. The zero-order chi connectivity index (χ0) is 21.7. The first-order valence-electron chi connectivity index (χ1n) is 10.1. The summed E-state index contributed by atoms with van der Waals surface area (Å²) in [4.78, 5) is 60.6. The Balaban J connectivity index is 1.57. The molecule has 0 radical (unpaired) electrons. The van der Waals surface area contributed by atoms with Gasteiger partial charge in [-0.05, 0) is 31.4 Å². The molecule has 2 heterocycles. The molecule has 0 spiro atoms. The molecule has 1 aromatic rings. The number of anilines is 1.